The molecule has 4 radical (unpaired) electrons. The summed E-state index contributed by atoms with van der Waals surface area (Å²) < 4.78 is 0. The third-order valence-corrected chi connectivity index (χ3v) is 9.00. The molecule has 86 valence electrons. The van der Waals surface area contributed by atoms with Gasteiger partial charge in [-0.25, -0.2) is 0 Å². The summed E-state index contributed by atoms with van der Waals surface area (Å²) in [5.74, 6) is 0. The molecule has 0 aliphatic heterocycles. The van der Waals surface area contributed by atoms with E-state index in [1.807, 2.05) is 0 Å². The van der Waals surface area contributed by atoms with Crippen LogP contribution in [0, 0.1) is 0 Å². The molecule has 0 unspecified atom stereocenters. The van der Waals surface area contributed by atoms with Gasteiger partial charge in [0.2, 0.25) is 0 Å². The molecular formula is C10H30Si2Sn2. The van der Waals surface area contributed by atoms with Crippen LogP contribution >= 0.6 is 0 Å². The van der Waals surface area contributed by atoms with Gasteiger partial charge in [0.1, 0.15) is 0 Å². The summed E-state index contributed by atoms with van der Waals surface area (Å²) in [6.07, 6.45) is 0. The Morgan fingerprint density at radius 2 is 0.571 bits per heavy atom. The quantitative estimate of drug-likeness (QED) is 0.530. The van der Waals surface area contributed by atoms with Crippen molar-refractivity contribution in [2.45, 2.75) is 55.8 Å². The Morgan fingerprint density at radius 3 is 0.571 bits per heavy atom. The van der Waals surface area contributed by atoms with E-state index in [0.29, 0.717) is 0 Å². The number of hydrogen-bond donors (Lipinski definition) is 0. The predicted molar refractivity (Wildman–Crippen MR) is 81.7 cm³/mol. The molecule has 0 fully saturated rings. The van der Waals surface area contributed by atoms with E-state index in [4.69, 9.17) is 0 Å². The summed E-state index contributed by atoms with van der Waals surface area (Å²) in [6.45, 7) is 9.55. The average Bonchev–Trinajstić information content (AvgIpc) is 1.83. The zero-order valence-corrected chi connectivity index (χ0v) is 19.7. The standard InChI is InChI=1S/C4H12Si2.6CH3.2Sn/c1-5(2)6(3)4;;;;;;;;/h1-4H3;6*1H3;;. The van der Waals surface area contributed by atoms with Crippen LogP contribution in [0.1, 0.15) is 0 Å². The minimum atomic E-state index is -0.543. The normalized spacial score (nSPS) is 9.86. The minimum absolute atomic E-state index is 0.150. The molecule has 0 rings (SSSR count). The maximum absolute atomic E-state index is 2.39. The van der Waals surface area contributed by atoms with E-state index in [2.05, 4.69) is 55.8 Å². The van der Waals surface area contributed by atoms with E-state index < -0.39 is 39.5 Å². The van der Waals surface area contributed by atoms with Gasteiger partial charge in [0.05, 0.1) is 0 Å². The molecule has 0 aromatic rings. The monoisotopic (exact) mass is 446 g/mol. The van der Waals surface area contributed by atoms with Crippen LogP contribution in [0.2, 0.25) is 55.8 Å². The second-order valence-corrected chi connectivity index (χ2v) is 32.1. The molecular weight excluding hydrogens is 414 g/mol. The van der Waals surface area contributed by atoms with E-state index in [9.17, 15) is 0 Å². The molecule has 0 amide bonds. The van der Waals surface area contributed by atoms with Crippen LogP contribution in [-0.4, -0.2) is 56.1 Å². The summed E-state index contributed by atoms with van der Waals surface area (Å²) in [5.41, 5.74) is 0. The first-order valence-corrected chi connectivity index (χ1v) is 28.4. The number of rotatable bonds is 1. The van der Waals surface area contributed by atoms with Crippen molar-refractivity contribution in [2.24, 2.45) is 0 Å². The van der Waals surface area contributed by atoms with Gasteiger partial charge in [-0.1, -0.05) is 26.2 Å². The SMILES string of the molecule is C[Si](C)[Si](C)C.[CH3][Sn]([CH3])[CH3].[CH3][Sn]([CH3])[CH3]. The molecule has 0 aliphatic rings. The van der Waals surface area contributed by atoms with Crippen LogP contribution in [0.5, 0.6) is 0 Å². The Balaban J connectivity index is -0.000000135. The van der Waals surface area contributed by atoms with Gasteiger partial charge in [-0.05, 0) is 0 Å². The zero-order valence-electron chi connectivity index (χ0n) is 12.0. The molecule has 0 aromatic heterocycles. The molecule has 0 atom stereocenters. The van der Waals surface area contributed by atoms with Crippen molar-refractivity contribution in [3.05, 3.63) is 0 Å². The van der Waals surface area contributed by atoms with E-state index in [-0.39, 0.29) is 16.6 Å². The van der Waals surface area contributed by atoms with Gasteiger partial charge in [-0.3, -0.25) is 0 Å². The van der Waals surface area contributed by atoms with E-state index in [0.717, 1.165) is 0 Å². The molecule has 0 spiro atoms. The summed E-state index contributed by atoms with van der Waals surface area (Å²) in [4.78, 5) is 14.2. The first-order valence-electron chi connectivity index (χ1n) is 5.25. The zero-order chi connectivity index (χ0) is 12.3. The van der Waals surface area contributed by atoms with Crippen molar-refractivity contribution >= 4 is 56.1 Å². The van der Waals surface area contributed by atoms with Crippen LogP contribution in [0.3, 0.4) is 0 Å². The second-order valence-electron chi connectivity index (χ2n) is 5.00. The van der Waals surface area contributed by atoms with Crippen LogP contribution in [-0.2, 0) is 0 Å². The first-order chi connectivity index (χ1) is 6.11. The molecule has 0 aliphatic carbocycles. The predicted octanol–water partition coefficient (Wildman–Crippen LogP) is 4.31. The van der Waals surface area contributed by atoms with Gasteiger partial charge in [-0.15, -0.1) is 0 Å². The molecule has 14 heavy (non-hydrogen) atoms. The summed E-state index contributed by atoms with van der Waals surface area (Å²) >= 11 is -1.09. The Kier molecular flexibility index (Phi) is 22.9. The Bertz CT molecular complexity index is 76.6. The van der Waals surface area contributed by atoms with Crippen LogP contribution in [0.15, 0.2) is 0 Å². The molecule has 0 N–H and O–H groups in total. The van der Waals surface area contributed by atoms with Crippen molar-refractivity contribution in [2.75, 3.05) is 0 Å². The topological polar surface area (TPSA) is 0 Å². The molecule has 0 saturated heterocycles. The van der Waals surface area contributed by atoms with Crippen molar-refractivity contribution in [1.82, 2.24) is 0 Å². The molecule has 0 saturated carbocycles. The summed E-state index contributed by atoms with van der Waals surface area (Å²) in [5, 5.41) is 0. The Morgan fingerprint density at radius 1 is 0.500 bits per heavy atom. The molecule has 4 heteroatoms. The van der Waals surface area contributed by atoms with Gasteiger partial charge >= 0.3 is 69.2 Å². The van der Waals surface area contributed by atoms with Crippen LogP contribution < -0.4 is 0 Å². The van der Waals surface area contributed by atoms with Crippen molar-refractivity contribution in [1.29, 1.82) is 0 Å². The fraction of sp³-hybridized carbons (Fsp3) is 1.00. The average molecular weight is 444 g/mol. The Labute approximate surface area is 111 Å². The van der Waals surface area contributed by atoms with Crippen molar-refractivity contribution < 1.29 is 0 Å². The second kappa shape index (κ2) is 15.0. The van der Waals surface area contributed by atoms with Crippen LogP contribution in [0.25, 0.3) is 0 Å². The third kappa shape index (κ3) is 65.5. The third-order valence-electron chi connectivity index (χ3n) is 1.00. The van der Waals surface area contributed by atoms with Gasteiger partial charge < -0.3 is 0 Å². The van der Waals surface area contributed by atoms with Gasteiger partial charge in [0.15, 0.2) is 0 Å². The van der Waals surface area contributed by atoms with Crippen LogP contribution in [0.4, 0.5) is 0 Å². The molecule has 0 bridgehead atoms. The summed E-state index contributed by atoms with van der Waals surface area (Å²) in [7, 11) is 0.300. The van der Waals surface area contributed by atoms with Crippen molar-refractivity contribution in [3.8, 4) is 0 Å². The van der Waals surface area contributed by atoms with E-state index in [1.165, 1.54) is 0 Å². The van der Waals surface area contributed by atoms with E-state index in [1.54, 1.807) is 0 Å². The summed E-state index contributed by atoms with van der Waals surface area (Å²) in [6, 6.07) is 0. The van der Waals surface area contributed by atoms with Gasteiger partial charge in [-0.2, -0.15) is 0 Å². The Hall–Kier alpha value is 2.03. The fourth-order valence-corrected chi connectivity index (χ4v) is 0. The fourth-order valence-electron chi connectivity index (χ4n) is 0. The number of hydrogen-bond acceptors (Lipinski definition) is 0. The van der Waals surface area contributed by atoms with Gasteiger partial charge in [0, 0.05) is 16.6 Å². The van der Waals surface area contributed by atoms with Gasteiger partial charge in [0.25, 0.3) is 0 Å². The first kappa shape index (κ1) is 21.3. The molecule has 0 nitrogen and oxygen atoms in total. The molecule has 0 heterocycles. The maximum atomic E-state index is 2.39. The van der Waals surface area contributed by atoms with Crippen molar-refractivity contribution in [3.63, 3.8) is 0 Å². The molecule has 0 aromatic carbocycles. The van der Waals surface area contributed by atoms with E-state index >= 15 is 0 Å².